The molecule has 0 saturated carbocycles. The summed E-state index contributed by atoms with van der Waals surface area (Å²) in [6.45, 7) is 10.4. The van der Waals surface area contributed by atoms with Crippen LogP contribution in [0.4, 0.5) is 0 Å². The van der Waals surface area contributed by atoms with Crippen molar-refractivity contribution >= 4 is 11.8 Å². The fourth-order valence-electron chi connectivity index (χ4n) is 2.77. The largest absolute Gasteiger partial charge is 0.355 e. The van der Waals surface area contributed by atoms with Gasteiger partial charge in [-0.1, -0.05) is 0 Å². The molecule has 2 N–H and O–H groups in total. The molecule has 21 heavy (non-hydrogen) atoms. The highest BCUT2D eigenvalue weighted by atomic mass is 16.2. The summed E-state index contributed by atoms with van der Waals surface area (Å²) >= 11 is 0. The Kier molecular flexibility index (Phi) is 6.41. The van der Waals surface area contributed by atoms with Crippen molar-refractivity contribution in [2.24, 2.45) is 0 Å². The highest BCUT2D eigenvalue weighted by molar-refractivity contribution is 5.79. The number of nitrogens with one attached hydrogen (secondary N) is 2. The summed E-state index contributed by atoms with van der Waals surface area (Å²) in [5.74, 6) is 0.285. The first-order valence-corrected chi connectivity index (χ1v) is 7.89. The zero-order valence-electron chi connectivity index (χ0n) is 12.9. The Hall–Kier alpha value is -1.18. The third-order valence-corrected chi connectivity index (χ3v) is 4.03. The van der Waals surface area contributed by atoms with E-state index in [4.69, 9.17) is 0 Å². The van der Waals surface area contributed by atoms with Crippen molar-refractivity contribution in [3.8, 4) is 0 Å². The predicted octanol–water partition coefficient (Wildman–Crippen LogP) is -1.83. The monoisotopic (exact) mass is 297 g/mol. The summed E-state index contributed by atoms with van der Waals surface area (Å²) in [5, 5.41) is 6.10. The molecule has 2 saturated heterocycles. The molecule has 2 fully saturated rings. The van der Waals surface area contributed by atoms with Crippen LogP contribution in [0.15, 0.2) is 0 Å². The Morgan fingerprint density at radius 3 is 2.19 bits per heavy atom. The molecule has 0 radical (unpaired) electrons. The first-order valence-electron chi connectivity index (χ1n) is 7.89. The second-order valence-electron chi connectivity index (χ2n) is 5.64. The molecule has 0 bridgehead atoms. The minimum atomic E-state index is 0.0677. The quantitative estimate of drug-likeness (QED) is 0.625. The van der Waals surface area contributed by atoms with Gasteiger partial charge in [0.25, 0.3) is 0 Å². The number of carbonyl (C=O) groups excluding carboxylic acids is 2. The van der Waals surface area contributed by atoms with E-state index in [1.54, 1.807) is 0 Å². The van der Waals surface area contributed by atoms with E-state index >= 15 is 0 Å². The average molecular weight is 297 g/mol. The van der Waals surface area contributed by atoms with Crippen LogP contribution in [0.2, 0.25) is 0 Å². The van der Waals surface area contributed by atoms with E-state index in [0.717, 1.165) is 52.4 Å². The number of rotatable bonds is 5. The number of hydrogen-bond donors (Lipinski definition) is 2. The molecule has 2 heterocycles. The maximum absolute atomic E-state index is 12.3. The smallest absolute Gasteiger partial charge is 0.236 e. The topological polar surface area (TPSA) is 67.9 Å². The Bertz CT molecular complexity index is 349. The molecular formula is C14H27N5O2. The van der Waals surface area contributed by atoms with Gasteiger partial charge in [-0.2, -0.15) is 0 Å². The van der Waals surface area contributed by atoms with Crippen molar-refractivity contribution in [2.45, 2.75) is 6.92 Å². The van der Waals surface area contributed by atoms with Crippen molar-refractivity contribution in [1.29, 1.82) is 0 Å². The van der Waals surface area contributed by atoms with Crippen LogP contribution in [0.25, 0.3) is 0 Å². The second-order valence-corrected chi connectivity index (χ2v) is 5.64. The van der Waals surface area contributed by atoms with Crippen molar-refractivity contribution < 1.29 is 9.59 Å². The average Bonchev–Trinajstić information content (AvgIpc) is 2.49. The Labute approximate surface area is 126 Å². The number of piperazine rings is 2. The van der Waals surface area contributed by atoms with Crippen LogP contribution in [-0.4, -0.2) is 98.5 Å². The van der Waals surface area contributed by atoms with Gasteiger partial charge < -0.3 is 15.5 Å². The third-order valence-electron chi connectivity index (χ3n) is 4.03. The summed E-state index contributed by atoms with van der Waals surface area (Å²) in [6.07, 6.45) is 0. The van der Waals surface area contributed by atoms with Gasteiger partial charge in [-0.3, -0.25) is 19.4 Å². The summed E-state index contributed by atoms with van der Waals surface area (Å²) in [6, 6.07) is 0. The van der Waals surface area contributed by atoms with E-state index in [-0.39, 0.29) is 11.8 Å². The minimum absolute atomic E-state index is 0.0677. The van der Waals surface area contributed by atoms with Crippen LogP contribution in [0.3, 0.4) is 0 Å². The number of carbonyl (C=O) groups is 2. The molecule has 2 aliphatic rings. The van der Waals surface area contributed by atoms with Crippen molar-refractivity contribution in [2.75, 3.05) is 72.0 Å². The lowest BCUT2D eigenvalue weighted by atomic mass is 10.3. The van der Waals surface area contributed by atoms with Gasteiger partial charge in [0.05, 0.1) is 13.1 Å². The molecule has 2 amide bonds. The fraction of sp³-hybridized carbons (Fsp3) is 0.857. The van der Waals surface area contributed by atoms with Crippen LogP contribution >= 0.6 is 0 Å². The van der Waals surface area contributed by atoms with E-state index < -0.39 is 0 Å². The number of nitrogens with zero attached hydrogens (tertiary/aromatic N) is 3. The van der Waals surface area contributed by atoms with Gasteiger partial charge >= 0.3 is 0 Å². The maximum atomic E-state index is 12.3. The van der Waals surface area contributed by atoms with Crippen molar-refractivity contribution in [3.63, 3.8) is 0 Å². The molecule has 2 rings (SSSR count). The lowest BCUT2D eigenvalue weighted by Gasteiger charge is -2.36. The Balaban J connectivity index is 1.67. The maximum Gasteiger partial charge on any atom is 0.236 e. The van der Waals surface area contributed by atoms with Gasteiger partial charge in [-0.15, -0.1) is 0 Å². The van der Waals surface area contributed by atoms with Gasteiger partial charge in [0.1, 0.15) is 0 Å². The molecule has 7 heteroatoms. The first kappa shape index (κ1) is 16.2. The van der Waals surface area contributed by atoms with Gasteiger partial charge in [-0.25, -0.2) is 0 Å². The molecule has 7 nitrogen and oxygen atoms in total. The lowest BCUT2D eigenvalue weighted by molar-refractivity contribution is -0.134. The first-order chi connectivity index (χ1) is 10.2. The molecule has 2 aliphatic heterocycles. The van der Waals surface area contributed by atoms with Crippen LogP contribution in [0.5, 0.6) is 0 Å². The lowest BCUT2D eigenvalue weighted by Crippen LogP contribution is -2.54. The van der Waals surface area contributed by atoms with E-state index in [0.29, 0.717) is 19.6 Å². The van der Waals surface area contributed by atoms with Crippen molar-refractivity contribution in [3.05, 3.63) is 0 Å². The standard InChI is InChI=1S/C14H27N5O2/c1-2-16-13(20)11-18-7-9-19(10-8-18)14(21)12-17-5-3-15-4-6-17/h15H,2-12H2,1H3,(H,16,20). The molecule has 0 aromatic rings. The number of amides is 2. The van der Waals surface area contributed by atoms with Gasteiger partial charge in [-0.05, 0) is 6.92 Å². The van der Waals surface area contributed by atoms with Gasteiger partial charge in [0.2, 0.25) is 11.8 Å². The number of hydrogen-bond acceptors (Lipinski definition) is 5. The highest BCUT2D eigenvalue weighted by Gasteiger charge is 2.24. The molecule has 0 aliphatic carbocycles. The third kappa shape index (κ3) is 5.26. The fourth-order valence-corrected chi connectivity index (χ4v) is 2.77. The van der Waals surface area contributed by atoms with Crippen molar-refractivity contribution in [1.82, 2.24) is 25.3 Å². The summed E-state index contributed by atoms with van der Waals surface area (Å²) < 4.78 is 0. The van der Waals surface area contributed by atoms with Gasteiger partial charge in [0.15, 0.2) is 0 Å². The van der Waals surface area contributed by atoms with E-state index in [9.17, 15) is 9.59 Å². The zero-order valence-corrected chi connectivity index (χ0v) is 12.9. The SMILES string of the molecule is CCNC(=O)CN1CCN(C(=O)CN2CCNCC2)CC1. The van der Waals surface area contributed by atoms with Crippen LogP contribution in [-0.2, 0) is 9.59 Å². The number of likely N-dealkylation sites (N-methyl/N-ethyl adjacent to an activating group) is 1. The highest BCUT2D eigenvalue weighted by Crippen LogP contribution is 2.03. The summed E-state index contributed by atoms with van der Waals surface area (Å²) in [7, 11) is 0. The minimum Gasteiger partial charge on any atom is -0.355 e. The van der Waals surface area contributed by atoms with Gasteiger partial charge in [0, 0.05) is 58.9 Å². The molecule has 120 valence electrons. The molecule has 0 aromatic carbocycles. The van der Waals surface area contributed by atoms with Crippen LogP contribution in [0, 0.1) is 0 Å². The zero-order chi connectivity index (χ0) is 15.1. The molecule has 0 aromatic heterocycles. The summed E-state index contributed by atoms with van der Waals surface area (Å²) in [5.41, 5.74) is 0. The molecule has 0 spiro atoms. The predicted molar refractivity (Wildman–Crippen MR) is 81.0 cm³/mol. The summed E-state index contributed by atoms with van der Waals surface area (Å²) in [4.78, 5) is 30.1. The normalized spacial score (nSPS) is 21.3. The molecular weight excluding hydrogens is 270 g/mol. The van der Waals surface area contributed by atoms with Crippen LogP contribution in [0.1, 0.15) is 6.92 Å². The van der Waals surface area contributed by atoms with E-state index in [1.807, 2.05) is 11.8 Å². The second kappa shape index (κ2) is 8.31. The van der Waals surface area contributed by atoms with Crippen LogP contribution < -0.4 is 10.6 Å². The molecule has 0 atom stereocenters. The van der Waals surface area contributed by atoms with E-state index in [1.165, 1.54) is 0 Å². The Morgan fingerprint density at radius 1 is 0.952 bits per heavy atom. The molecule has 0 unspecified atom stereocenters. The van der Waals surface area contributed by atoms with E-state index in [2.05, 4.69) is 20.4 Å². The Morgan fingerprint density at radius 2 is 1.57 bits per heavy atom.